The van der Waals surface area contributed by atoms with E-state index >= 15 is 0 Å². The van der Waals surface area contributed by atoms with Crippen LogP contribution in [-0.2, 0) is 16.1 Å². The largest absolute Gasteiger partial charge is 0.342 e. The van der Waals surface area contributed by atoms with Crippen LogP contribution < -0.4 is 0 Å². The molecule has 1 unspecified atom stereocenters. The highest BCUT2D eigenvalue weighted by molar-refractivity contribution is 5.81. The van der Waals surface area contributed by atoms with Gasteiger partial charge in [-0.15, -0.1) is 0 Å². The minimum atomic E-state index is 0.0848. The molecule has 1 aromatic rings. The summed E-state index contributed by atoms with van der Waals surface area (Å²) in [6.07, 6.45) is 9.91. The van der Waals surface area contributed by atoms with Gasteiger partial charge in [0.15, 0.2) is 0 Å². The van der Waals surface area contributed by atoms with Crippen LogP contribution in [-0.4, -0.2) is 70.8 Å². The van der Waals surface area contributed by atoms with E-state index in [2.05, 4.69) is 14.8 Å². The topological polar surface area (TPSA) is 56.8 Å². The molecule has 0 aromatic carbocycles. The molecule has 1 aromatic heterocycles. The average molecular weight is 385 g/mol. The second-order valence-electron chi connectivity index (χ2n) is 8.72. The van der Waals surface area contributed by atoms with Crippen molar-refractivity contribution in [3.05, 3.63) is 30.1 Å². The SMILES string of the molecule is CN(Cc1cccnc1)C(=O)C1CCCN(C2CCN(C(=O)C3CC3)CC2)C1. The molecule has 3 heterocycles. The second-order valence-corrected chi connectivity index (χ2v) is 8.72. The predicted molar refractivity (Wildman–Crippen MR) is 107 cm³/mol. The van der Waals surface area contributed by atoms with Crippen molar-refractivity contribution in [1.29, 1.82) is 0 Å². The summed E-state index contributed by atoms with van der Waals surface area (Å²) in [6, 6.07) is 4.44. The van der Waals surface area contributed by atoms with Crippen molar-refractivity contribution in [2.45, 2.75) is 51.1 Å². The zero-order valence-electron chi connectivity index (χ0n) is 16.9. The van der Waals surface area contributed by atoms with Crippen LogP contribution in [0.1, 0.15) is 44.1 Å². The summed E-state index contributed by atoms with van der Waals surface area (Å²) in [5, 5.41) is 0. The van der Waals surface area contributed by atoms with Crippen LogP contribution in [0.15, 0.2) is 24.5 Å². The fraction of sp³-hybridized carbons (Fsp3) is 0.682. The number of hydrogen-bond donors (Lipinski definition) is 0. The first-order valence-corrected chi connectivity index (χ1v) is 10.8. The lowest BCUT2D eigenvalue weighted by Crippen LogP contribution is -2.51. The minimum Gasteiger partial charge on any atom is -0.342 e. The van der Waals surface area contributed by atoms with Gasteiger partial charge < -0.3 is 9.80 Å². The normalized spacial score (nSPS) is 24.2. The van der Waals surface area contributed by atoms with Crippen molar-refractivity contribution < 1.29 is 9.59 Å². The van der Waals surface area contributed by atoms with E-state index in [-0.39, 0.29) is 11.8 Å². The third-order valence-corrected chi connectivity index (χ3v) is 6.54. The number of carbonyl (C=O) groups excluding carboxylic acids is 2. The number of likely N-dealkylation sites (tertiary alicyclic amines) is 2. The Hall–Kier alpha value is -1.95. The molecule has 4 rings (SSSR count). The van der Waals surface area contributed by atoms with Gasteiger partial charge >= 0.3 is 0 Å². The Morgan fingerprint density at radius 2 is 1.89 bits per heavy atom. The Morgan fingerprint density at radius 1 is 1.11 bits per heavy atom. The first kappa shape index (κ1) is 19.4. The van der Waals surface area contributed by atoms with Crippen molar-refractivity contribution in [3.8, 4) is 0 Å². The van der Waals surface area contributed by atoms with E-state index in [0.717, 1.165) is 70.3 Å². The molecule has 1 aliphatic carbocycles. The molecule has 0 spiro atoms. The van der Waals surface area contributed by atoms with Gasteiger partial charge in [-0.05, 0) is 56.7 Å². The minimum absolute atomic E-state index is 0.0848. The average Bonchev–Trinajstić information content (AvgIpc) is 3.59. The van der Waals surface area contributed by atoms with Gasteiger partial charge in [0.05, 0.1) is 5.92 Å². The van der Waals surface area contributed by atoms with E-state index < -0.39 is 0 Å². The molecule has 2 saturated heterocycles. The highest BCUT2D eigenvalue weighted by Gasteiger charge is 2.37. The summed E-state index contributed by atoms with van der Waals surface area (Å²) >= 11 is 0. The van der Waals surface area contributed by atoms with Gasteiger partial charge in [-0.25, -0.2) is 0 Å². The fourth-order valence-corrected chi connectivity index (χ4v) is 4.73. The standard InChI is InChI=1S/C22H32N4O2/c1-24(15-17-4-2-10-23-14-17)21(27)19-5-3-11-26(16-19)20-8-12-25(13-9-20)22(28)18-6-7-18/h2,4,10,14,18-20H,3,5-9,11-13,15-16H2,1H3. The third-order valence-electron chi connectivity index (χ3n) is 6.54. The van der Waals surface area contributed by atoms with Gasteiger partial charge in [0.2, 0.25) is 11.8 Å². The van der Waals surface area contributed by atoms with E-state index in [1.807, 2.05) is 30.3 Å². The molecular weight excluding hydrogens is 352 g/mol. The van der Waals surface area contributed by atoms with Gasteiger partial charge in [-0.3, -0.25) is 19.5 Å². The molecule has 6 nitrogen and oxygen atoms in total. The van der Waals surface area contributed by atoms with Crippen LogP contribution in [0.5, 0.6) is 0 Å². The maximum Gasteiger partial charge on any atom is 0.227 e. The summed E-state index contributed by atoms with van der Waals surface area (Å²) in [5.74, 6) is 1.03. The Labute approximate surface area is 167 Å². The van der Waals surface area contributed by atoms with Gasteiger partial charge in [-0.2, -0.15) is 0 Å². The van der Waals surface area contributed by atoms with Crippen LogP contribution in [0.25, 0.3) is 0 Å². The Bertz CT molecular complexity index is 683. The van der Waals surface area contributed by atoms with E-state index in [9.17, 15) is 9.59 Å². The van der Waals surface area contributed by atoms with E-state index in [0.29, 0.717) is 24.4 Å². The third kappa shape index (κ3) is 4.54. The molecule has 1 atom stereocenters. The number of piperidine rings is 2. The number of rotatable bonds is 5. The number of aromatic nitrogens is 1. The number of carbonyl (C=O) groups is 2. The van der Waals surface area contributed by atoms with Gasteiger partial charge in [0, 0.05) is 57.6 Å². The molecule has 3 fully saturated rings. The number of hydrogen-bond acceptors (Lipinski definition) is 4. The molecule has 28 heavy (non-hydrogen) atoms. The quantitative estimate of drug-likeness (QED) is 0.781. The summed E-state index contributed by atoms with van der Waals surface area (Å²) in [7, 11) is 1.90. The predicted octanol–water partition coefficient (Wildman–Crippen LogP) is 2.15. The lowest BCUT2D eigenvalue weighted by molar-refractivity contribution is -0.137. The molecular formula is C22H32N4O2. The van der Waals surface area contributed by atoms with Crippen LogP contribution in [0.3, 0.4) is 0 Å². The summed E-state index contributed by atoms with van der Waals surface area (Å²) in [4.78, 5) is 35.8. The first-order chi connectivity index (χ1) is 13.6. The maximum atomic E-state index is 13.0. The summed E-state index contributed by atoms with van der Waals surface area (Å²) < 4.78 is 0. The fourth-order valence-electron chi connectivity index (χ4n) is 4.73. The van der Waals surface area contributed by atoms with E-state index in [1.54, 1.807) is 6.20 Å². The molecule has 0 bridgehead atoms. The Morgan fingerprint density at radius 3 is 2.57 bits per heavy atom. The molecule has 152 valence electrons. The Balaban J connectivity index is 1.28. The van der Waals surface area contributed by atoms with Crippen molar-refractivity contribution in [2.75, 3.05) is 33.2 Å². The van der Waals surface area contributed by atoms with Gasteiger partial charge in [0.1, 0.15) is 0 Å². The summed E-state index contributed by atoms with van der Waals surface area (Å²) in [6.45, 7) is 4.33. The zero-order chi connectivity index (χ0) is 19.5. The zero-order valence-corrected chi connectivity index (χ0v) is 16.9. The molecule has 0 radical (unpaired) electrons. The summed E-state index contributed by atoms with van der Waals surface area (Å²) in [5.41, 5.74) is 1.07. The van der Waals surface area contributed by atoms with E-state index in [1.165, 1.54) is 0 Å². The van der Waals surface area contributed by atoms with Gasteiger partial charge in [0.25, 0.3) is 0 Å². The van der Waals surface area contributed by atoms with E-state index in [4.69, 9.17) is 0 Å². The highest BCUT2D eigenvalue weighted by Crippen LogP contribution is 2.32. The number of pyridine rings is 1. The lowest BCUT2D eigenvalue weighted by Gasteiger charge is -2.42. The monoisotopic (exact) mass is 384 g/mol. The highest BCUT2D eigenvalue weighted by atomic mass is 16.2. The van der Waals surface area contributed by atoms with Gasteiger partial charge in [-0.1, -0.05) is 6.07 Å². The van der Waals surface area contributed by atoms with Crippen LogP contribution in [0.4, 0.5) is 0 Å². The van der Waals surface area contributed by atoms with Crippen LogP contribution in [0, 0.1) is 11.8 Å². The van der Waals surface area contributed by atoms with Crippen molar-refractivity contribution in [1.82, 2.24) is 19.7 Å². The lowest BCUT2D eigenvalue weighted by atomic mass is 9.92. The van der Waals surface area contributed by atoms with Crippen molar-refractivity contribution in [2.24, 2.45) is 11.8 Å². The van der Waals surface area contributed by atoms with Crippen LogP contribution >= 0.6 is 0 Å². The van der Waals surface area contributed by atoms with Crippen LogP contribution in [0.2, 0.25) is 0 Å². The van der Waals surface area contributed by atoms with Crippen molar-refractivity contribution in [3.63, 3.8) is 0 Å². The second kappa shape index (κ2) is 8.60. The molecule has 0 N–H and O–H groups in total. The smallest absolute Gasteiger partial charge is 0.227 e. The number of amides is 2. The molecule has 2 aliphatic heterocycles. The maximum absolute atomic E-state index is 13.0. The first-order valence-electron chi connectivity index (χ1n) is 10.8. The molecule has 6 heteroatoms. The molecule has 1 saturated carbocycles. The molecule has 2 amide bonds. The van der Waals surface area contributed by atoms with Crippen molar-refractivity contribution >= 4 is 11.8 Å². The number of nitrogens with zero attached hydrogens (tertiary/aromatic N) is 4. The molecule has 3 aliphatic rings. The Kier molecular flexibility index (Phi) is 5.95.